The lowest BCUT2D eigenvalue weighted by atomic mass is 10.3. The maximum Gasteiger partial charge on any atom is 0.213 e. The Kier molecular flexibility index (Phi) is 2.35. The number of carbonyl (C=O) groups is 1. The van der Waals surface area contributed by atoms with Crippen molar-refractivity contribution in [3.63, 3.8) is 0 Å². The first-order chi connectivity index (χ1) is 5.27. The van der Waals surface area contributed by atoms with E-state index in [9.17, 15) is 4.79 Å². The van der Waals surface area contributed by atoms with Gasteiger partial charge < -0.3 is 15.3 Å². The first-order valence-corrected chi connectivity index (χ1v) is 3.05. The van der Waals surface area contributed by atoms with Gasteiger partial charge in [0, 0.05) is 0 Å². The number of aromatic nitrogens is 1. The summed E-state index contributed by atoms with van der Waals surface area (Å²) < 4.78 is 4.78. The SMILES string of the molecule is NC(CO)c1nc(C=O)co1. The molecular formula is C6H8N2O3. The van der Waals surface area contributed by atoms with Crippen LogP contribution in [0.15, 0.2) is 10.7 Å². The minimum atomic E-state index is -0.649. The molecule has 60 valence electrons. The van der Waals surface area contributed by atoms with Gasteiger partial charge in [-0.2, -0.15) is 0 Å². The molecule has 0 saturated carbocycles. The monoisotopic (exact) mass is 156 g/mol. The summed E-state index contributed by atoms with van der Waals surface area (Å²) in [7, 11) is 0. The van der Waals surface area contributed by atoms with Crippen LogP contribution < -0.4 is 5.73 Å². The zero-order chi connectivity index (χ0) is 8.27. The third kappa shape index (κ3) is 1.63. The normalized spacial score (nSPS) is 12.9. The molecule has 0 amide bonds. The zero-order valence-corrected chi connectivity index (χ0v) is 5.73. The van der Waals surface area contributed by atoms with Crippen LogP contribution in [0.1, 0.15) is 22.4 Å². The Labute approximate surface area is 62.8 Å². The lowest BCUT2D eigenvalue weighted by Gasteiger charge is -1.99. The van der Waals surface area contributed by atoms with Crippen molar-refractivity contribution in [2.75, 3.05) is 6.61 Å². The van der Waals surface area contributed by atoms with Crippen LogP contribution in [0.2, 0.25) is 0 Å². The third-order valence-electron chi connectivity index (χ3n) is 1.17. The van der Waals surface area contributed by atoms with Crippen LogP contribution in [0.3, 0.4) is 0 Å². The van der Waals surface area contributed by atoms with E-state index in [1.165, 1.54) is 6.26 Å². The smallest absolute Gasteiger partial charge is 0.213 e. The van der Waals surface area contributed by atoms with Gasteiger partial charge in [0.1, 0.15) is 18.0 Å². The summed E-state index contributed by atoms with van der Waals surface area (Å²) in [4.78, 5) is 13.8. The number of carbonyl (C=O) groups excluding carboxylic acids is 1. The second-order valence-electron chi connectivity index (χ2n) is 2.02. The molecule has 0 aliphatic carbocycles. The number of oxazole rings is 1. The third-order valence-corrected chi connectivity index (χ3v) is 1.17. The van der Waals surface area contributed by atoms with E-state index in [1.54, 1.807) is 0 Å². The summed E-state index contributed by atoms with van der Waals surface area (Å²) >= 11 is 0. The fourth-order valence-electron chi connectivity index (χ4n) is 0.603. The van der Waals surface area contributed by atoms with Crippen LogP contribution in [0.4, 0.5) is 0 Å². The van der Waals surface area contributed by atoms with Crippen LogP contribution in [-0.2, 0) is 0 Å². The van der Waals surface area contributed by atoms with E-state index >= 15 is 0 Å². The minimum Gasteiger partial charge on any atom is -0.446 e. The summed E-state index contributed by atoms with van der Waals surface area (Å²) in [5.41, 5.74) is 5.52. The quantitative estimate of drug-likeness (QED) is 0.574. The number of nitrogens with zero attached hydrogens (tertiary/aromatic N) is 1. The predicted octanol–water partition coefficient (Wildman–Crippen LogP) is -0.521. The van der Waals surface area contributed by atoms with Crippen LogP contribution in [0, 0.1) is 0 Å². The van der Waals surface area contributed by atoms with Crippen molar-refractivity contribution in [2.45, 2.75) is 6.04 Å². The topological polar surface area (TPSA) is 89.4 Å². The van der Waals surface area contributed by atoms with E-state index in [4.69, 9.17) is 15.3 Å². The van der Waals surface area contributed by atoms with E-state index in [-0.39, 0.29) is 18.2 Å². The summed E-state index contributed by atoms with van der Waals surface area (Å²) in [5.74, 6) is 0.176. The van der Waals surface area contributed by atoms with E-state index in [2.05, 4.69) is 4.98 Å². The number of nitrogens with two attached hydrogens (primary N) is 1. The lowest BCUT2D eigenvalue weighted by molar-refractivity contribution is 0.111. The Morgan fingerprint density at radius 1 is 1.91 bits per heavy atom. The molecule has 11 heavy (non-hydrogen) atoms. The van der Waals surface area contributed by atoms with E-state index in [0.29, 0.717) is 6.29 Å². The van der Waals surface area contributed by atoms with Gasteiger partial charge in [-0.05, 0) is 0 Å². The second kappa shape index (κ2) is 3.27. The predicted molar refractivity (Wildman–Crippen MR) is 35.9 cm³/mol. The van der Waals surface area contributed by atoms with Crippen molar-refractivity contribution in [3.05, 3.63) is 17.8 Å². The highest BCUT2D eigenvalue weighted by molar-refractivity contribution is 5.70. The van der Waals surface area contributed by atoms with Crippen molar-refractivity contribution < 1.29 is 14.3 Å². The Bertz CT molecular complexity index is 246. The minimum absolute atomic E-state index is 0.176. The molecule has 1 unspecified atom stereocenters. The molecule has 5 nitrogen and oxygen atoms in total. The summed E-state index contributed by atoms with van der Waals surface area (Å²) in [6.45, 7) is -0.251. The van der Waals surface area contributed by atoms with Gasteiger partial charge >= 0.3 is 0 Å². The molecular weight excluding hydrogens is 148 g/mol. The molecule has 1 heterocycles. The standard InChI is InChI=1S/C6H8N2O3/c7-5(2-10)6-8-4(1-9)3-11-6/h1,3,5,10H,2,7H2. The van der Waals surface area contributed by atoms with Gasteiger partial charge in [0.05, 0.1) is 6.61 Å². The van der Waals surface area contributed by atoms with Crippen molar-refractivity contribution in [1.82, 2.24) is 4.98 Å². The Balaban J connectivity index is 2.79. The lowest BCUT2D eigenvalue weighted by Crippen LogP contribution is -2.14. The van der Waals surface area contributed by atoms with E-state index < -0.39 is 6.04 Å². The molecule has 0 radical (unpaired) electrons. The largest absolute Gasteiger partial charge is 0.446 e. The van der Waals surface area contributed by atoms with Gasteiger partial charge in [-0.25, -0.2) is 4.98 Å². The van der Waals surface area contributed by atoms with Crippen LogP contribution >= 0.6 is 0 Å². The number of hydrogen-bond acceptors (Lipinski definition) is 5. The van der Waals surface area contributed by atoms with Gasteiger partial charge in [-0.15, -0.1) is 0 Å². The molecule has 0 bridgehead atoms. The molecule has 1 aromatic rings. The number of aldehydes is 1. The maximum absolute atomic E-state index is 10.1. The van der Waals surface area contributed by atoms with Crippen LogP contribution in [0.25, 0.3) is 0 Å². The molecule has 1 rings (SSSR count). The van der Waals surface area contributed by atoms with Crippen molar-refractivity contribution >= 4 is 6.29 Å². The molecule has 0 aliphatic rings. The molecule has 0 saturated heterocycles. The van der Waals surface area contributed by atoms with Crippen molar-refractivity contribution in [1.29, 1.82) is 0 Å². The molecule has 0 aliphatic heterocycles. The van der Waals surface area contributed by atoms with Gasteiger partial charge in [-0.1, -0.05) is 0 Å². The van der Waals surface area contributed by atoms with Gasteiger partial charge in [0.2, 0.25) is 5.89 Å². The first-order valence-electron chi connectivity index (χ1n) is 3.05. The number of aliphatic hydroxyl groups is 1. The molecule has 0 fully saturated rings. The maximum atomic E-state index is 10.1. The molecule has 1 atom stereocenters. The van der Waals surface area contributed by atoms with Gasteiger partial charge in [0.25, 0.3) is 0 Å². The van der Waals surface area contributed by atoms with Crippen molar-refractivity contribution in [2.24, 2.45) is 5.73 Å². The Morgan fingerprint density at radius 3 is 3.09 bits per heavy atom. The highest BCUT2D eigenvalue weighted by Crippen LogP contribution is 2.07. The van der Waals surface area contributed by atoms with Crippen LogP contribution in [0.5, 0.6) is 0 Å². The fraction of sp³-hybridized carbons (Fsp3) is 0.333. The molecule has 0 spiro atoms. The average molecular weight is 156 g/mol. The highest BCUT2D eigenvalue weighted by atomic mass is 16.3. The van der Waals surface area contributed by atoms with E-state index in [1.807, 2.05) is 0 Å². The first kappa shape index (κ1) is 7.90. The number of hydrogen-bond donors (Lipinski definition) is 2. The van der Waals surface area contributed by atoms with E-state index in [0.717, 1.165) is 0 Å². The van der Waals surface area contributed by atoms with Gasteiger partial charge in [-0.3, -0.25) is 4.79 Å². The fourth-order valence-corrected chi connectivity index (χ4v) is 0.603. The summed E-state index contributed by atoms with van der Waals surface area (Å²) in [5, 5.41) is 8.56. The van der Waals surface area contributed by atoms with Crippen LogP contribution in [-0.4, -0.2) is 23.0 Å². The van der Waals surface area contributed by atoms with Gasteiger partial charge in [0.15, 0.2) is 6.29 Å². The molecule has 1 aromatic heterocycles. The molecule has 3 N–H and O–H groups in total. The Hall–Kier alpha value is -1.20. The van der Waals surface area contributed by atoms with Crippen molar-refractivity contribution in [3.8, 4) is 0 Å². The summed E-state index contributed by atoms with van der Waals surface area (Å²) in [6.07, 6.45) is 1.74. The number of aliphatic hydroxyl groups excluding tert-OH is 1. The molecule has 5 heteroatoms. The second-order valence-corrected chi connectivity index (χ2v) is 2.02. The molecule has 0 aromatic carbocycles. The Morgan fingerprint density at radius 2 is 2.64 bits per heavy atom. The zero-order valence-electron chi connectivity index (χ0n) is 5.73. The summed E-state index contributed by atoms with van der Waals surface area (Å²) in [6, 6.07) is -0.649. The highest BCUT2D eigenvalue weighted by Gasteiger charge is 2.10. The number of rotatable bonds is 3. The average Bonchev–Trinajstić information content (AvgIpc) is 2.50.